The average molecular weight is 315 g/mol. The van der Waals surface area contributed by atoms with Crippen LogP contribution in [0.4, 0.5) is 0 Å². The van der Waals surface area contributed by atoms with Gasteiger partial charge in [-0.2, -0.15) is 0 Å². The van der Waals surface area contributed by atoms with Crippen LogP contribution in [0.2, 0.25) is 0 Å². The highest BCUT2D eigenvalue weighted by atomic mass is 16.5. The molecule has 4 bridgehead atoms. The summed E-state index contributed by atoms with van der Waals surface area (Å²) in [5.41, 5.74) is 1.38. The van der Waals surface area contributed by atoms with Crippen molar-refractivity contribution < 1.29 is 9.84 Å². The van der Waals surface area contributed by atoms with Gasteiger partial charge in [-0.25, -0.2) is 0 Å². The van der Waals surface area contributed by atoms with Crippen molar-refractivity contribution in [3.8, 4) is 5.75 Å². The van der Waals surface area contributed by atoms with Gasteiger partial charge in [-0.1, -0.05) is 12.1 Å². The molecular formula is C20H29NO2. The summed E-state index contributed by atoms with van der Waals surface area (Å²) in [6.45, 7) is 0.916. The molecule has 23 heavy (non-hydrogen) atoms. The average Bonchev–Trinajstić information content (AvgIpc) is 2.53. The molecule has 0 amide bonds. The van der Waals surface area contributed by atoms with Crippen LogP contribution in [0.25, 0.3) is 0 Å². The SMILES string of the molecule is COc1ccc([C@H](O)CCNC23CC4CC(CC(C4)C2)C3)cc1. The van der Waals surface area contributed by atoms with Crippen molar-refractivity contribution in [1.29, 1.82) is 0 Å². The molecule has 0 aliphatic heterocycles. The summed E-state index contributed by atoms with van der Waals surface area (Å²) in [6, 6.07) is 7.78. The predicted octanol–water partition coefficient (Wildman–Crippen LogP) is 3.68. The molecule has 2 N–H and O–H groups in total. The fraction of sp³-hybridized carbons (Fsp3) is 0.700. The molecule has 0 saturated heterocycles. The largest absolute Gasteiger partial charge is 0.497 e. The van der Waals surface area contributed by atoms with Gasteiger partial charge in [0, 0.05) is 5.54 Å². The number of ether oxygens (including phenoxy) is 1. The third-order valence-corrected chi connectivity index (χ3v) is 6.46. The van der Waals surface area contributed by atoms with Crippen LogP contribution >= 0.6 is 0 Å². The lowest BCUT2D eigenvalue weighted by molar-refractivity contribution is -0.0209. The highest BCUT2D eigenvalue weighted by Crippen LogP contribution is 2.55. The molecule has 0 aromatic heterocycles. The highest BCUT2D eigenvalue weighted by molar-refractivity contribution is 5.28. The summed E-state index contributed by atoms with van der Waals surface area (Å²) in [5.74, 6) is 3.76. The van der Waals surface area contributed by atoms with Gasteiger partial charge in [-0.3, -0.25) is 0 Å². The Morgan fingerprint density at radius 2 is 1.65 bits per heavy atom. The van der Waals surface area contributed by atoms with Crippen LogP contribution in [0.3, 0.4) is 0 Å². The summed E-state index contributed by atoms with van der Waals surface area (Å²) in [4.78, 5) is 0. The van der Waals surface area contributed by atoms with E-state index >= 15 is 0 Å². The fourth-order valence-corrected chi connectivity index (χ4v) is 5.79. The van der Waals surface area contributed by atoms with Gasteiger partial charge >= 0.3 is 0 Å². The zero-order valence-electron chi connectivity index (χ0n) is 14.1. The number of benzene rings is 1. The molecule has 4 saturated carbocycles. The normalized spacial score (nSPS) is 36.2. The Labute approximate surface area is 139 Å². The Bertz CT molecular complexity index is 504. The minimum atomic E-state index is -0.387. The molecule has 1 aromatic carbocycles. The summed E-state index contributed by atoms with van der Waals surface area (Å²) < 4.78 is 5.17. The molecule has 0 spiro atoms. The second-order valence-corrected chi connectivity index (χ2v) is 8.20. The van der Waals surface area contributed by atoms with Gasteiger partial charge in [0.15, 0.2) is 0 Å². The smallest absolute Gasteiger partial charge is 0.118 e. The van der Waals surface area contributed by atoms with Crippen molar-refractivity contribution >= 4 is 0 Å². The van der Waals surface area contributed by atoms with Crippen molar-refractivity contribution in [2.75, 3.05) is 13.7 Å². The van der Waals surface area contributed by atoms with E-state index in [2.05, 4.69) is 5.32 Å². The minimum absolute atomic E-state index is 0.387. The Morgan fingerprint density at radius 1 is 1.09 bits per heavy atom. The quantitative estimate of drug-likeness (QED) is 0.841. The zero-order chi connectivity index (χ0) is 15.9. The van der Waals surface area contributed by atoms with E-state index in [-0.39, 0.29) is 6.10 Å². The summed E-state index contributed by atoms with van der Waals surface area (Å²) in [6.07, 6.45) is 8.96. The number of hydrogen-bond acceptors (Lipinski definition) is 3. The monoisotopic (exact) mass is 315 g/mol. The molecule has 3 heteroatoms. The molecule has 4 fully saturated rings. The Balaban J connectivity index is 1.31. The van der Waals surface area contributed by atoms with E-state index in [1.54, 1.807) is 7.11 Å². The van der Waals surface area contributed by atoms with Crippen LogP contribution in [0.1, 0.15) is 56.6 Å². The molecule has 0 radical (unpaired) electrons. The van der Waals surface area contributed by atoms with Gasteiger partial charge in [-0.05, 0) is 86.9 Å². The lowest BCUT2D eigenvalue weighted by Crippen LogP contribution is -2.58. The van der Waals surface area contributed by atoms with Crippen molar-refractivity contribution in [2.45, 2.75) is 56.6 Å². The Morgan fingerprint density at radius 3 is 2.17 bits per heavy atom. The maximum atomic E-state index is 10.4. The van der Waals surface area contributed by atoms with E-state index < -0.39 is 0 Å². The van der Waals surface area contributed by atoms with Crippen molar-refractivity contribution in [1.82, 2.24) is 5.32 Å². The van der Waals surface area contributed by atoms with E-state index in [9.17, 15) is 5.11 Å². The van der Waals surface area contributed by atoms with Crippen LogP contribution in [-0.4, -0.2) is 24.3 Å². The molecule has 1 atom stereocenters. The fourth-order valence-electron chi connectivity index (χ4n) is 5.79. The standard InChI is InChI=1S/C20H29NO2/c1-23-18-4-2-17(3-5-18)19(22)6-7-21-20-11-14-8-15(12-20)10-16(9-14)13-20/h2-5,14-16,19,21-22H,6-13H2,1H3/t14?,15?,16?,19-,20?/m1/s1. The third-order valence-electron chi connectivity index (χ3n) is 6.46. The predicted molar refractivity (Wildman–Crippen MR) is 91.5 cm³/mol. The Kier molecular flexibility index (Phi) is 4.10. The molecule has 0 heterocycles. The van der Waals surface area contributed by atoms with E-state index in [1.807, 2.05) is 24.3 Å². The number of rotatable bonds is 6. The van der Waals surface area contributed by atoms with E-state index in [1.165, 1.54) is 38.5 Å². The number of methoxy groups -OCH3 is 1. The van der Waals surface area contributed by atoms with Crippen molar-refractivity contribution in [2.24, 2.45) is 17.8 Å². The second-order valence-electron chi connectivity index (χ2n) is 8.20. The first-order chi connectivity index (χ1) is 11.2. The number of hydrogen-bond donors (Lipinski definition) is 2. The first kappa shape index (κ1) is 15.5. The molecule has 4 aliphatic rings. The molecule has 4 aliphatic carbocycles. The Hall–Kier alpha value is -1.06. The molecule has 5 rings (SSSR count). The number of aliphatic hydroxyl groups excluding tert-OH is 1. The van der Waals surface area contributed by atoms with Gasteiger partial charge in [-0.15, -0.1) is 0 Å². The van der Waals surface area contributed by atoms with Crippen LogP contribution < -0.4 is 10.1 Å². The molecule has 1 aromatic rings. The molecule has 0 unspecified atom stereocenters. The maximum Gasteiger partial charge on any atom is 0.118 e. The second kappa shape index (κ2) is 6.10. The van der Waals surface area contributed by atoms with E-state index in [4.69, 9.17) is 4.74 Å². The molecular weight excluding hydrogens is 286 g/mol. The summed E-state index contributed by atoms with van der Waals surface area (Å²) >= 11 is 0. The van der Waals surface area contributed by atoms with Crippen LogP contribution in [0.15, 0.2) is 24.3 Å². The molecule has 3 nitrogen and oxygen atoms in total. The first-order valence-electron chi connectivity index (χ1n) is 9.23. The third kappa shape index (κ3) is 3.14. The summed E-state index contributed by atoms with van der Waals surface area (Å²) in [5, 5.41) is 14.3. The van der Waals surface area contributed by atoms with Crippen LogP contribution in [-0.2, 0) is 0 Å². The number of aliphatic hydroxyl groups is 1. The van der Waals surface area contributed by atoms with Crippen LogP contribution in [0.5, 0.6) is 5.75 Å². The summed E-state index contributed by atoms with van der Waals surface area (Å²) in [7, 11) is 1.67. The topological polar surface area (TPSA) is 41.5 Å². The van der Waals surface area contributed by atoms with Crippen molar-refractivity contribution in [3.05, 3.63) is 29.8 Å². The maximum absolute atomic E-state index is 10.4. The van der Waals surface area contributed by atoms with Crippen LogP contribution in [0, 0.1) is 17.8 Å². The van der Waals surface area contributed by atoms with E-state index in [0.717, 1.165) is 42.0 Å². The highest BCUT2D eigenvalue weighted by Gasteiger charge is 2.50. The van der Waals surface area contributed by atoms with E-state index in [0.29, 0.717) is 5.54 Å². The number of nitrogens with one attached hydrogen (secondary N) is 1. The van der Waals surface area contributed by atoms with Gasteiger partial charge in [0.05, 0.1) is 13.2 Å². The minimum Gasteiger partial charge on any atom is -0.497 e. The van der Waals surface area contributed by atoms with Gasteiger partial charge in [0.1, 0.15) is 5.75 Å². The van der Waals surface area contributed by atoms with Gasteiger partial charge in [0.2, 0.25) is 0 Å². The van der Waals surface area contributed by atoms with Gasteiger partial charge < -0.3 is 15.2 Å². The molecule has 126 valence electrons. The lowest BCUT2D eigenvalue weighted by Gasteiger charge is -2.57. The van der Waals surface area contributed by atoms with Crippen molar-refractivity contribution in [3.63, 3.8) is 0 Å². The zero-order valence-corrected chi connectivity index (χ0v) is 14.1. The first-order valence-corrected chi connectivity index (χ1v) is 9.23. The van der Waals surface area contributed by atoms with Gasteiger partial charge in [0.25, 0.3) is 0 Å². The lowest BCUT2D eigenvalue weighted by atomic mass is 9.53.